The van der Waals surface area contributed by atoms with Crippen molar-refractivity contribution in [2.24, 2.45) is 16.7 Å². The van der Waals surface area contributed by atoms with Gasteiger partial charge in [-0.2, -0.15) is 13.2 Å². The molecule has 8 heteroatoms. The molecule has 1 aliphatic heterocycles. The van der Waals surface area contributed by atoms with Crippen molar-refractivity contribution in [1.82, 2.24) is 20.2 Å². The molecule has 2 bridgehead atoms. The number of carbonyl (C=O) groups excluding carboxylic acids is 1. The lowest BCUT2D eigenvalue weighted by molar-refractivity contribution is -0.259. The van der Waals surface area contributed by atoms with Gasteiger partial charge in [-0.25, -0.2) is 4.98 Å². The Balaban J connectivity index is 1.34. The highest BCUT2D eigenvalue weighted by Crippen LogP contribution is 2.62. The van der Waals surface area contributed by atoms with Crippen LogP contribution in [-0.4, -0.2) is 34.7 Å². The van der Waals surface area contributed by atoms with Crippen LogP contribution in [-0.2, 0) is 17.9 Å². The van der Waals surface area contributed by atoms with E-state index in [1.54, 1.807) is 6.20 Å². The average molecular weight is 370 g/mol. The Morgan fingerprint density at radius 3 is 2.62 bits per heavy atom. The van der Waals surface area contributed by atoms with Gasteiger partial charge in [-0.3, -0.25) is 4.79 Å². The first kappa shape index (κ1) is 17.8. The van der Waals surface area contributed by atoms with E-state index in [9.17, 15) is 18.0 Å². The summed E-state index contributed by atoms with van der Waals surface area (Å²) in [5.41, 5.74) is -1.62. The van der Waals surface area contributed by atoms with Crippen molar-refractivity contribution in [1.29, 1.82) is 0 Å². The second kappa shape index (κ2) is 6.25. The fourth-order valence-corrected chi connectivity index (χ4v) is 4.88. The number of rotatable bonds is 3. The van der Waals surface area contributed by atoms with Gasteiger partial charge in [0.2, 0.25) is 5.91 Å². The van der Waals surface area contributed by atoms with Gasteiger partial charge in [0, 0.05) is 32.0 Å². The van der Waals surface area contributed by atoms with Crippen LogP contribution in [0, 0.1) is 16.7 Å². The van der Waals surface area contributed by atoms with Crippen LogP contribution in [0.3, 0.4) is 0 Å². The Kier molecular flexibility index (Phi) is 4.28. The molecule has 1 unspecified atom stereocenters. The van der Waals surface area contributed by atoms with Crippen LogP contribution in [0.5, 0.6) is 0 Å². The number of carbonyl (C=O) groups is 1. The van der Waals surface area contributed by atoms with Crippen LogP contribution in [0.4, 0.5) is 13.2 Å². The number of alkyl halides is 3. The number of fused-ring (bicyclic) bond motifs is 4. The number of nitrogens with one attached hydrogen (secondary N) is 2. The lowest BCUT2D eigenvalue weighted by Gasteiger charge is -2.53. The molecule has 1 amide bonds. The Bertz CT molecular complexity index is 660. The average Bonchev–Trinajstić information content (AvgIpc) is 2.97. The summed E-state index contributed by atoms with van der Waals surface area (Å²) in [5, 5.41) is 6.29. The second-order valence-corrected chi connectivity index (χ2v) is 8.32. The molecule has 1 atom stereocenters. The first-order valence-electron chi connectivity index (χ1n) is 9.38. The highest BCUT2D eigenvalue weighted by atomic mass is 19.4. The van der Waals surface area contributed by atoms with Gasteiger partial charge in [-0.05, 0) is 43.9 Å². The summed E-state index contributed by atoms with van der Waals surface area (Å²) >= 11 is 0. The molecule has 2 heterocycles. The minimum absolute atomic E-state index is 0.0216. The topological polar surface area (TPSA) is 59.0 Å². The van der Waals surface area contributed by atoms with Crippen molar-refractivity contribution in [3.63, 3.8) is 0 Å². The molecule has 1 aromatic heterocycles. The zero-order valence-corrected chi connectivity index (χ0v) is 14.7. The normalized spacial score (nSPS) is 34.2. The molecule has 0 spiro atoms. The highest BCUT2D eigenvalue weighted by Gasteiger charge is 2.61. The molecule has 5 rings (SSSR count). The molecule has 5 nitrogen and oxygen atoms in total. The van der Waals surface area contributed by atoms with Crippen LogP contribution in [0.15, 0.2) is 12.4 Å². The zero-order chi connectivity index (χ0) is 18.4. The smallest absolute Gasteiger partial charge is 0.355 e. The number of aromatic nitrogens is 2. The van der Waals surface area contributed by atoms with E-state index >= 15 is 0 Å². The molecule has 26 heavy (non-hydrogen) atoms. The highest BCUT2D eigenvalue weighted by molar-refractivity contribution is 5.79. The number of hydrogen-bond donors (Lipinski definition) is 2. The van der Waals surface area contributed by atoms with Crippen LogP contribution in [0.25, 0.3) is 0 Å². The summed E-state index contributed by atoms with van der Waals surface area (Å²) in [4.78, 5) is 16.9. The third-order valence-electron chi connectivity index (χ3n) is 6.90. The molecular weight excluding hydrogens is 345 g/mol. The van der Waals surface area contributed by atoms with E-state index in [1.807, 2.05) is 10.8 Å². The van der Waals surface area contributed by atoms with E-state index in [2.05, 4.69) is 15.6 Å². The van der Waals surface area contributed by atoms with Crippen LogP contribution >= 0.6 is 0 Å². The summed E-state index contributed by atoms with van der Waals surface area (Å²) in [6.45, 7) is 2.30. The monoisotopic (exact) mass is 370 g/mol. The van der Waals surface area contributed by atoms with E-state index in [-0.39, 0.29) is 36.5 Å². The first-order chi connectivity index (χ1) is 12.3. The Hall–Kier alpha value is -1.57. The van der Waals surface area contributed by atoms with Gasteiger partial charge in [0.15, 0.2) is 0 Å². The van der Waals surface area contributed by atoms with E-state index in [1.165, 1.54) is 0 Å². The van der Waals surface area contributed by atoms with Gasteiger partial charge >= 0.3 is 6.18 Å². The number of imidazole rings is 1. The molecule has 1 aromatic rings. The molecule has 3 saturated carbocycles. The van der Waals surface area contributed by atoms with Gasteiger partial charge in [-0.15, -0.1) is 0 Å². The Labute approximate surface area is 150 Å². The fourth-order valence-electron chi connectivity index (χ4n) is 4.88. The maximum Gasteiger partial charge on any atom is 0.394 e. The van der Waals surface area contributed by atoms with Gasteiger partial charge in [0.1, 0.15) is 5.82 Å². The van der Waals surface area contributed by atoms with Crippen LogP contribution in [0.2, 0.25) is 0 Å². The van der Waals surface area contributed by atoms with Gasteiger partial charge in [0.05, 0.1) is 17.9 Å². The number of nitrogens with zero attached hydrogens (tertiary/aromatic N) is 2. The fraction of sp³-hybridized carbons (Fsp3) is 0.778. The molecule has 144 valence electrons. The van der Waals surface area contributed by atoms with E-state index in [4.69, 9.17) is 0 Å². The van der Waals surface area contributed by atoms with Crippen LogP contribution in [0.1, 0.15) is 44.3 Å². The van der Waals surface area contributed by atoms with E-state index in [0.717, 1.165) is 5.82 Å². The van der Waals surface area contributed by atoms with Crippen molar-refractivity contribution in [3.05, 3.63) is 18.2 Å². The largest absolute Gasteiger partial charge is 0.394 e. The van der Waals surface area contributed by atoms with Crippen molar-refractivity contribution >= 4 is 5.91 Å². The summed E-state index contributed by atoms with van der Waals surface area (Å²) in [6.07, 6.45) is 1.79. The molecule has 0 saturated heterocycles. The molecule has 0 radical (unpaired) electrons. The number of amides is 1. The predicted molar refractivity (Wildman–Crippen MR) is 89.1 cm³/mol. The maximum atomic E-state index is 13.4. The van der Waals surface area contributed by atoms with E-state index in [0.29, 0.717) is 45.4 Å². The predicted octanol–water partition coefficient (Wildman–Crippen LogP) is 2.62. The molecule has 3 fully saturated rings. The minimum atomic E-state index is -4.10. The second-order valence-electron chi connectivity index (χ2n) is 8.32. The lowest BCUT2D eigenvalue weighted by atomic mass is 9.53. The van der Waals surface area contributed by atoms with Gasteiger partial charge in [-0.1, -0.05) is 0 Å². The quantitative estimate of drug-likeness (QED) is 0.860. The molecule has 0 aromatic carbocycles. The summed E-state index contributed by atoms with van der Waals surface area (Å²) in [7, 11) is 0. The van der Waals surface area contributed by atoms with Crippen molar-refractivity contribution in [2.45, 2.75) is 57.8 Å². The molecule has 3 aliphatic carbocycles. The summed E-state index contributed by atoms with van der Waals surface area (Å²) < 4.78 is 42.0. The first-order valence-corrected chi connectivity index (χ1v) is 9.38. The van der Waals surface area contributed by atoms with Crippen molar-refractivity contribution in [3.8, 4) is 0 Å². The van der Waals surface area contributed by atoms with Gasteiger partial charge < -0.3 is 15.2 Å². The Morgan fingerprint density at radius 2 is 1.96 bits per heavy atom. The van der Waals surface area contributed by atoms with Crippen molar-refractivity contribution in [2.75, 3.05) is 13.1 Å². The summed E-state index contributed by atoms with van der Waals surface area (Å²) in [6, 6.07) is 0. The zero-order valence-electron chi connectivity index (χ0n) is 14.7. The standard InChI is InChI=1S/C18H25F3N4O/c19-18(20,21)17-4-1-16(2-5-17,3-6-17)12-24-15(26)13-9-22-10-14-23-7-8-25(14)11-13/h7-8,13,22H,1-6,9-12H2,(H,24,26). The van der Waals surface area contributed by atoms with Gasteiger partial charge in [0.25, 0.3) is 0 Å². The lowest BCUT2D eigenvalue weighted by Crippen LogP contribution is -2.53. The number of hydrogen-bond acceptors (Lipinski definition) is 3. The molecular formula is C18H25F3N4O. The molecule has 4 aliphatic rings. The number of halogens is 3. The minimum Gasteiger partial charge on any atom is -0.355 e. The molecule has 2 N–H and O–H groups in total. The Morgan fingerprint density at radius 1 is 1.27 bits per heavy atom. The third kappa shape index (κ3) is 3.02. The maximum absolute atomic E-state index is 13.4. The SMILES string of the molecule is O=C(NCC12CCC(C(F)(F)F)(CC1)CC2)C1CNCc2nccn2C1. The van der Waals surface area contributed by atoms with E-state index < -0.39 is 11.6 Å². The van der Waals surface area contributed by atoms with Crippen LogP contribution < -0.4 is 10.6 Å². The third-order valence-corrected chi connectivity index (χ3v) is 6.90. The summed E-state index contributed by atoms with van der Waals surface area (Å²) in [5.74, 6) is 0.705. The van der Waals surface area contributed by atoms with Crippen molar-refractivity contribution < 1.29 is 18.0 Å².